The van der Waals surface area contributed by atoms with E-state index in [4.69, 9.17) is 20.3 Å². The van der Waals surface area contributed by atoms with Crippen molar-refractivity contribution < 1.29 is 14.3 Å². The summed E-state index contributed by atoms with van der Waals surface area (Å²) in [4.78, 5) is 16.9. The van der Waals surface area contributed by atoms with Crippen LogP contribution in [0.4, 0.5) is 11.5 Å². The number of hydrogen-bond donors (Lipinski definition) is 2. The molecule has 4 aromatic rings. The van der Waals surface area contributed by atoms with Gasteiger partial charge in [0.05, 0.1) is 30.0 Å². The molecule has 38 heavy (non-hydrogen) atoms. The maximum atomic E-state index is 12.4. The number of likely N-dealkylation sites (tertiary alicyclic amines) is 1. The summed E-state index contributed by atoms with van der Waals surface area (Å²) in [5.41, 5.74) is 8.82. The Morgan fingerprint density at radius 2 is 1.79 bits per heavy atom. The molecule has 1 amide bonds. The highest BCUT2D eigenvalue weighted by Gasteiger charge is 2.39. The molecule has 1 fully saturated rings. The fourth-order valence-electron chi connectivity index (χ4n) is 5.09. The van der Waals surface area contributed by atoms with Gasteiger partial charge >= 0.3 is 0 Å². The first-order valence-electron chi connectivity index (χ1n) is 13.0. The van der Waals surface area contributed by atoms with Gasteiger partial charge in [0.15, 0.2) is 5.82 Å². The van der Waals surface area contributed by atoms with Crippen molar-refractivity contribution in [2.75, 3.05) is 38.3 Å². The number of ether oxygens (including phenoxy) is 2. The molecule has 3 N–H and O–H groups in total. The summed E-state index contributed by atoms with van der Waals surface area (Å²) in [6, 6.07) is 23.5. The third-order valence-electron chi connectivity index (χ3n) is 7.35. The van der Waals surface area contributed by atoms with E-state index in [-0.39, 0.29) is 5.54 Å². The van der Waals surface area contributed by atoms with E-state index in [9.17, 15) is 4.79 Å². The van der Waals surface area contributed by atoms with Crippen LogP contribution in [0, 0.1) is 0 Å². The lowest BCUT2D eigenvalue weighted by atomic mass is 9.86. The number of nitrogens with two attached hydrogens (primary N) is 1. The van der Waals surface area contributed by atoms with Gasteiger partial charge in [-0.2, -0.15) is 5.10 Å². The number of carbonyl (C=O) groups is 1. The zero-order valence-electron chi connectivity index (χ0n) is 22.0. The molecule has 0 atom stereocenters. The minimum absolute atomic E-state index is 0.245. The summed E-state index contributed by atoms with van der Waals surface area (Å²) in [6.07, 6.45) is 1.85. The van der Waals surface area contributed by atoms with Crippen molar-refractivity contribution in [2.45, 2.75) is 31.9 Å². The number of piperidine rings is 1. The monoisotopic (exact) mass is 513 g/mol. The Hall–Kier alpha value is -3.88. The Morgan fingerprint density at radius 3 is 2.55 bits per heavy atom. The standard InChI is InChI=1S/C30H35N5O3/c1-30(14-16-34(2)17-15-30)35(27-11-7-6-10-25(27)28(31)36)29-24-13-12-23(20-26(24)32-33-29)38-19-18-37-21-22-8-4-3-5-9-22/h3-13,20H,14-19,21H2,1-2H3,(H2,31,36)(H,32,33). The third kappa shape index (κ3) is 5.51. The largest absolute Gasteiger partial charge is 0.491 e. The van der Waals surface area contributed by atoms with Gasteiger partial charge in [-0.05, 0) is 56.6 Å². The number of primary amides is 1. The number of anilines is 2. The predicted molar refractivity (Wildman–Crippen MR) is 150 cm³/mol. The van der Waals surface area contributed by atoms with E-state index in [1.165, 1.54) is 0 Å². The first-order chi connectivity index (χ1) is 18.4. The van der Waals surface area contributed by atoms with Crippen LogP contribution in [0.2, 0.25) is 0 Å². The van der Waals surface area contributed by atoms with E-state index in [1.807, 2.05) is 66.7 Å². The number of fused-ring (bicyclic) bond motifs is 1. The number of amides is 1. The second-order valence-corrected chi connectivity index (χ2v) is 10.2. The van der Waals surface area contributed by atoms with Crippen molar-refractivity contribution in [3.8, 4) is 5.75 Å². The van der Waals surface area contributed by atoms with Crippen LogP contribution in [-0.4, -0.2) is 59.9 Å². The molecule has 1 aliphatic rings. The molecular formula is C30H35N5O3. The Kier molecular flexibility index (Phi) is 7.62. The average molecular weight is 514 g/mol. The first kappa shape index (κ1) is 25.8. The quantitative estimate of drug-likeness (QED) is 0.294. The summed E-state index contributed by atoms with van der Waals surface area (Å²) < 4.78 is 11.7. The number of para-hydroxylation sites is 1. The minimum Gasteiger partial charge on any atom is -0.491 e. The van der Waals surface area contributed by atoms with Gasteiger partial charge in [0, 0.05) is 30.1 Å². The van der Waals surface area contributed by atoms with Crippen molar-refractivity contribution in [3.63, 3.8) is 0 Å². The number of aromatic amines is 1. The lowest BCUT2D eigenvalue weighted by molar-refractivity contribution is 0.0889. The lowest BCUT2D eigenvalue weighted by Gasteiger charge is -2.46. The SMILES string of the molecule is CN1CCC(C)(N(c2ccccc2C(N)=O)c2n[nH]c3cc(OCCOCc4ccccc4)ccc23)CC1. The molecule has 1 aliphatic heterocycles. The van der Waals surface area contributed by atoms with Crippen LogP contribution in [0.15, 0.2) is 72.8 Å². The number of hydrogen-bond acceptors (Lipinski definition) is 6. The Labute approximate surface area is 223 Å². The Bertz CT molecular complexity index is 1380. The minimum atomic E-state index is -0.452. The predicted octanol–water partition coefficient (Wildman–Crippen LogP) is 4.88. The van der Waals surface area contributed by atoms with Crippen LogP contribution in [0.3, 0.4) is 0 Å². The second kappa shape index (κ2) is 11.2. The van der Waals surface area contributed by atoms with Gasteiger partial charge in [-0.15, -0.1) is 0 Å². The number of nitrogens with one attached hydrogen (secondary N) is 1. The van der Waals surface area contributed by atoms with Crippen molar-refractivity contribution in [1.29, 1.82) is 0 Å². The third-order valence-corrected chi connectivity index (χ3v) is 7.35. The fraction of sp³-hybridized carbons (Fsp3) is 0.333. The van der Waals surface area contributed by atoms with Crippen molar-refractivity contribution in [1.82, 2.24) is 15.1 Å². The Balaban J connectivity index is 1.38. The molecule has 5 rings (SSSR count). The molecule has 0 radical (unpaired) electrons. The molecule has 2 heterocycles. The number of rotatable bonds is 10. The van der Waals surface area contributed by atoms with E-state index < -0.39 is 5.91 Å². The fourth-order valence-corrected chi connectivity index (χ4v) is 5.09. The highest BCUT2D eigenvalue weighted by Crippen LogP contribution is 2.42. The summed E-state index contributed by atoms with van der Waals surface area (Å²) >= 11 is 0. The average Bonchev–Trinajstić information content (AvgIpc) is 3.34. The molecule has 8 nitrogen and oxygen atoms in total. The molecule has 0 unspecified atom stereocenters. The maximum absolute atomic E-state index is 12.4. The molecule has 0 saturated carbocycles. The van der Waals surface area contributed by atoms with Crippen LogP contribution >= 0.6 is 0 Å². The number of H-pyrrole nitrogens is 1. The molecule has 0 spiro atoms. The van der Waals surface area contributed by atoms with Gasteiger partial charge in [0.2, 0.25) is 0 Å². The van der Waals surface area contributed by atoms with Gasteiger partial charge in [-0.1, -0.05) is 42.5 Å². The van der Waals surface area contributed by atoms with Gasteiger partial charge < -0.3 is 25.0 Å². The van der Waals surface area contributed by atoms with Crippen molar-refractivity contribution >= 4 is 28.3 Å². The molecule has 8 heteroatoms. The lowest BCUT2D eigenvalue weighted by Crippen LogP contribution is -2.51. The van der Waals surface area contributed by atoms with Gasteiger partial charge in [-0.25, -0.2) is 0 Å². The van der Waals surface area contributed by atoms with Crippen LogP contribution in [0.5, 0.6) is 5.75 Å². The summed E-state index contributed by atoms with van der Waals surface area (Å²) in [6.45, 7) is 5.65. The molecule has 1 aromatic heterocycles. The van der Waals surface area contributed by atoms with E-state index in [2.05, 4.69) is 28.9 Å². The van der Waals surface area contributed by atoms with Gasteiger partial charge in [-0.3, -0.25) is 9.89 Å². The molecule has 0 bridgehead atoms. The van der Waals surface area contributed by atoms with Crippen LogP contribution in [-0.2, 0) is 11.3 Å². The zero-order chi connectivity index (χ0) is 26.5. The molecule has 3 aromatic carbocycles. The molecular weight excluding hydrogens is 478 g/mol. The number of benzene rings is 3. The number of aromatic nitrogens is 2. The molecule has 198 valence electrons. The molecule has 0 aliphatic carbocycles. The highest BCUT2D eigenvalue weighted by atomic mass is 16.5. The normalized spacial score (nSPS) is 15.4. The van der Waals surface area contributed by atoms with Crippen molar-refractivity contribution in [2.24, 2.45) is 5.73 Å². The smallest absolute Gasteiger partial charge is 0.250 e. The summed E-state index contributed by atoms with van der Waals surface area (Å²) in [5, 5.41) is 8.89. The maximum Gasteiger partial charge on any atom is 0.250 e. The number of carbonyl (C=O) groups excluding carboxylic acids is 1. The number of nitrogens with zero attached hydrogens (tertiary/aromatic N) is 3. The van der Waals surface area contributed by atoms with Gasteiger partial charge in [0.1, 0.15) is 12.4 Å². The topological polar surface area (TPSA) is 96.7 Å². The van der Waals surface area contributed by atoms with Crippen LogP contribution in [0.25, 0.3) is 10.9 Å². The van der Waals surface area contributed by atoms with Gasteiger partial charge in [0.25, 0.3) is 5.91 Å². The van der Waals surface area contributed by atoms with E-state index in [1.54, 1.807) is 6.07 Å². The summed E-state index contributed by atoms with van der Waals surface area (Å²) in [7, 11) is 2.14. The zero-order valence-corrected chi connectivity index (χ0v) is 22.0. The van der Waals surface area contributed by atoms with E-state index >= 15 is 0 Å². The first-order valence-corrected chi connectivity index (χ1v) is 13.0. The summed E-state index contributed by atoms with van der Waals surface area (Å²) in [5.74, 6) is 1.07. The van der Waals surface area contributed by atoms with Crippen molar-refractivity contribution in [3.05, 3.63) is 83.9 Å². The van der Waals surface area contributed by atoms with Crippen LogP contribution < -0.4 is 15.4 Å². The van der Waals surface area contributed by atoms with E-state index in [0.29, 0.717) is 25.4 Å². The second-order valence-electron chi connectivity index (χ2n) is 10.2. The Morgan fingerprint density at radius 1 is 1.05 bits per heavy atom. The van der Waals surface area contributed by atoms with E-state index in [0.717, 1.165) is 59.7 Å². The van der Waals surface area contributed by atoms with Crippen LogP contribution in [0.1, 0.15) is 35.7 Å². The highest BCUT2D eigenvalue weighted by molar-refractivity contribution is 6.02. The molecule has 1 saturated heterocycles.